The average Bonchev–Trinajstić information content (AvgIpc) is 2.54. The van der Waals surface area contributed by atoms with E-state index in [0.717, 1.165) is 23.7 Å². The monoisotopic (exact) mass is 328 g/mol. The van der Waals surface area contributed by atoms with Crippen LogP contribution in [0.15, 0.2) is 40.3 Å². The number of nitrogens with one attached hydrogen (secondary N) is 2. The van der Waals surface area contributed by atoms with Crippen LogP contribution in [0.4, 0.5) is 0 Å². The summed E-state index contributed by atoms with van der Waals surface area (Å²) < 4.78 is 0. The molecule has 6 nitrogen and oxygen atoms in total. The van der Waals surface area contributed by atoms with Gasteiger partial charge in [0.05, 0.1) is 11.4 Å². The third kappa shape index (κ3) is 4.97. The number of aryl methyl sites for hydroxylation is 1. The summed E-state index contributed by atoms with van der Waals surface area (Å²) in [7, 11) is 0. The molecule has 0 radical (unpaired) electrons. The maximum Gasteiger partial charge on any atom is 0.269 e. The predicted molar refractivity (Wildman–Crippen MR) is 88.2 cm³/mol. The molecular weight excluding hydrogens is 312 g/mol. The number of hydrogen-bond acceptors (Lipinski definition) is 5. The second-order valence-electron chi connectivity index (χ2n) is 4.82. The number of aromatic nitrogens is 2. The van der Waals surface area contributed by atoms with E-state index in [2.05, 4.69) is 15.3 Å². The Bertz CT molecular complexity index is 781. The Labute approximate surface area is 138 Å². The maximum absolute atomic E-state index is 11.8. The number of amides is 1. The first-order valence-electron chi connectivity index (χ1n) is 7.04. The van der Waals surface area contributed by atoms with Crippen molar-refractivity contribution in [2.24, 2.45) is 0 Å². The highest BCUT2D eigenvalue weighted by Crippen LogP contribution is 2.11. The van der Waals surface area contributed by atoms with E-state index in [1.807, 2.05) is 30.3 Å². The van der Waals surface area contributed by atoms with Crippen LogP contribution >= 0.6 is 11.8 Å². The number of carbonyl (C=O) groups is 1. The van der Waals surface area contributed by atoms with E-state index >= 15 is 0 Å². The molecule has 0 aliphatic carbocycles. The largest absolute Gasteiger partial charge is 0.355 e. The molecule has 0 saturated heterocycles. The Kier molecular flexibility index (Phi) is 5.94. The van der Waals surface area contributed by atoms with Gasteiger partial charge in [0.1, 0.15) is 11.6 Å². The molecule has 118 valence electrons. The Morgan fingerprint density at radius 3 is 2.78 bits per heavy atom. The van der Waals surface area contributed by atoms with E-state index in [1.165, 1.54) is 0 Å². The molecule has 2 N–H and O–H groups in total. The van der Waals surface area contributed by atoms with Gasteiger partial charge in [0.15, 0.2) is 5.16 Å². The van der Waals surface area contributed by atoms with E-state index in [9.17, 15) is 9.59 Å². The summed E-state index contributed by atoms with van der Waals surface area (Å²) in [6, 6.07) is 11.7. The number of rotatable bonds is 6. The molecule has 0 bridgehead atoms. The second kappa shape index (κ2) is 8.15. The lowest BCUT2D eigenvalue weighted by molar-refractivity contribution is -0.118. The summed E-state index contributed by atoms with van der Waals surface area (Å²) in [6.07, 6.45) is 0.766. The van der Waals surface area contributed by atoms with Crippen molar-refractivity contribution in [3.8, 4) is 6.07 Å². The number of carbonyl (C=O) groups excluding carboxylic acids is 1. The lowest BCUT2D eigenvalue weighted by Gasteiger charge is -2.05. The van der Waals surface area contributed by atoms with Gasteiger partial charge in [-0.25, -0.2) is 4.98 Å². The molecule has 0 aliphatic rings. The summed E-state index contributed by atoms with van der Waals surface area (Å²) >= 11 is 1.13. The van der Waals surface area contributed by atoms with Crippen molar-refractivity contribution < 1.29 is 4.79 Å². The fourth-order valence-electron chi connectivity index (χ4n) is 1.94. The lowest BCUT2D eigenvalue weighted by Crippen LogP contribution is -2.27. The average molecular weight is 328 g/mol. The summed E-state index contributed by atoms with van der Waals surface area (Å²) in [5.74, 6) is 0.0267. The van der Waals surface area contributed by atoms with E-state index in [1.54, 1.807) is 13.0 Å². The summed E-state index contributed by atoms with van der Waals surface area (Å²) in [6.45, 7) is 2.15. The van der Waals surface area contributed by atoms with Crippen LogP contribution in [-0.4, -0.2) is 28.2 Å². The maximum atomic E-state index is 11.8. The predicted octanol–water partition coefficient (Wildman–Crippen LogP) is 1.40. The normalized spacial score (nSPS) is 10.1. The Morgan fingerprint density at radius 1 is 1.39 bits per heavy atom. The van der Waals surface area contributed by atoms with Gasteiger partial charge in [-0.05, 0) is 18.9 Å². The van der Waals surface area contributed by atoms with Crippen LogP contribution in [0.1, 0.15) is 16.8 Å². The van der Waals surface area contributed by atoms with E-state index < -0.39 is 5.56 Å². The number of nitriles is 1. The first-order valence-corrected chi connectivity index (χ1v) is 8.03. The first-order chi connectivity index (χ1) is 11.1. The zero-order valence-corrected chi connectivity index (χ0v) is 13.4. The van der Waals surface area contributed by atoms with Gasteiger partial charge in [0.25, 0.3) is 5.56 Å². The first kappa shape index (κ1) is 16.8. The molecular formula is C16H16N4O2S. The van der Waals surface area contributed by atoms with Crippen LogP contribution in [0.25, 0.3) is 0 Å². The van der Waals surface area contributed by atoms with E-state index in [-0.39, 0.29) is 17.2 Å². The third-order valence-electron chi connectivity index (χ3n) is 3.11. The van der Waals surface area contributed by atoms with Gasteiger partial charge in [0.2, 0.25) is 5.91 Å². The number of H-pyrrole nitrogens is 1. The van der Waals surface area contributed by atoms with E-state index in [4.69, 9.17) is 5.26 Å². The van der Waals surface area contributed by atoms with Gasteiger partial charge in [-0.3, -0.25) is 9.59 Å². The van der Waals surface area contributed by atoms with Gasteiger partial charge in [-0.2, -0.15) is 5.26 Å². The van der Waals surface area contributed by atoms with Crippen molar-refractivity contribution in [1.82, 2.24) is 15.3 Å². The fourth-order valence-corrected chi connectivity index (χ4v) is 2.67. The molecule has 0 fully saturated rings. The fraction of sp³-hybridized carbons (Fsp3) is 0.250. The third-order valence-corrected chi connectivity index (χ3v) is 3.98. The standard InChI is InChI=1S/C16H16N4O2S/c1-11-13(9-17)15(22)20-16(19-11)23-10-14(21)18-8-7-12-5-3-2-4-6-12/h2-6H,7-8,10H2,1H3,(H,18,21)(H,19,20,22). The minimum Gasteiger partial charge on any atom is -0.355 e. The molecule has 1 heterocycles. The van der Waals surface area contributed by atoms with Crippen molar-refractivity contribution in [2.45, 2.75) is 18.5 Å². The molecule has 1 amide bonds. The zero-order valence-electron chi connectivity index (χ0n) is 12.6. The number of aromatic amines is 1. The van der Waals surface area contributed by atoms with Crippen molar-refractivity contribution in [3.05, 3.63) is 57.5 Å². The number of thioether (sulfide) groups is 1. The molecule has 1 aromatic carbocycles. The molecule has 23 heavy (non-hydrogen) atoms. The lowest BCUT2D eigenvalue weighted by atomic mass is 10.1. The minimum atomic E-state index is -0.480. The van der Waals surface area contributed by atoms with Crippen LogP contribution in [-0.2, 0) is 11.2 Å². The topological polar surface area (TPSA) is 98.6 Å². The smallest absolute Gasteiger partial charge is 0.269 e. The van der Waals surface area contributed by atoms with Crippen molar-refractivity contribution in [2.75, 3.05) is 12.3 Å². The van der Waals surface area contributed by atoms with E-state index in [0.29, 0.717) is 17.4 Å². The molecule has 0 atom stereocenters. The van der Waals surface area contributed by atoms with Crippen molar-refractivity contribution in [3.63, 3.8) is 0 Å². The summed E-state index contributed by atoms with van der Waals surface area (Å²) in [5.41, 5.74) is 1.05. The summed E-state index contributed by atoms with van der Waals surface area (Å²) in [4.78, 5) is 30.0. The summed E-state index contributed by atoms with van der Waals surface area (Å²) in [5, 5.41) is 12.0. The van der Waals surface area contributed by atoms with Gasteiger partial charge >= 0.3 is 0 Å². The minimum absolute atomic E-state index is 0.00154. The molecule has 1 aromatic heterocycles. The zero-order chi connectivity index (χ0) is 16.7. The molecule has 0 unspecified atom stereocenters. The Balaban J connectivity index is 1.81. The van der Waals surface area contributed by atoms with Crippen LogP contribution in [0.2, 0.25) is 0 Å². The van der Waals surface area contributed by atoms with Gasteiger partial charge in [0, 0.05) is 6.54 Å². The molecule has 0 aliphatic heterocycles. The van der Waals surface area contributed by atoms with Crippen LogP contribution < -0.4 is 10.9 Å². The highest BCUT2D eigenvalue weighted by molar-refractivity contribution is 7.99. The number of hydrogen-bond donors (Lipinski definition) is 2. The van der Waals surface area contributed by atoms with Crippen LogP contribution in [0.5, 0.6) is 0 Å². The quantitative estimate of drug-likeness (QED) is 0.617. The van der Waals surface area contributed by atoms with Crippen LogP contribution in [0, 0.1) is 18.3 Å². The number of nitrogens with zero attached hydrogens (tertiary/aromatic N) is 2. The van der Waals surface area contributed by atoms with Crippen molar-refractivity contribution >= 4 is 17.7 Å². The highest BCUT2D eigenvalue weighted by Gasteiger charge is 2.09. The molecule has 2 aromatic rings. The van der Waals surface area contributed by atoms with Crippen LogP contribution in [0.3, 0.4) is 0 Å². The highest BCUT2D eigenvalue weighted by atomic mass is 32.2. The molecule has 0 saturated carbocycles. The molecule has 2 rings (SSSR count). The van der Waals surface area contributed by atoms with Gasteiger partial charge < -0.3 is 10.3 Å². The molecule has 0 spiro atoms. The Hall–Kier alpha value is -2.59. The van der Waals surface area contributed by atoms with Gasteiger partial charge in [-0.1, -0.05) is 42.1 Å². The van der Waals surface area contributed by atoms with Crippen molar-refractivity contribution in [1.29, 1.82) is 5.26 Å². The Morgan fingerprint density at radius 2 is 2.13 bits per heavy atom. The molecule has 7 heteroatoms. The second-order valence-corrected chi connectivity index (χ2v) is 5.78. The van der Waals surface area contributed by atoms with Gasteiger partial charge in [-0.15, -0.1) is 0 Å². The SMILES string of the molecule is Cc1nc(SCC(=O)NCCc2ccccc2)[nH]c(=O)c1C#N. The number of benzene rings is 1.